The Hall–Kier alpha value is -2.14. The molecule has 0 atom stereocenters. The molecule has 0 saturated heterocycles. The first-order valence-electron chi connectivity index (χ1n) is 9.05. The van der Waals surface area contributed by atoms with Crippen molar-refractivity contribution in [3.05, 3.63) is 41.1 Å². The minimum Gasteiger partial charge on any atom is -0.395 e. The number of aliphatic hydroxyl groups excluding tert-OH is 1. The summed E-state index contributed by atoms with van der Waals surface area (Å²) in [6.45, 7) is 2.25. The average molecular weight is 342 g/mol. The molecule has 1 heterocycles. The van der Waals surface area contributed by atoms with Gasteiger partial charge in [0.25, 0.3) is 11.8 Å². The zero-order chi connectivity index (χ0) is 18.0. The predicted molar refractivity (Wildman–Crippen MR) is 96.5 cm³/mol. The maximum Gasteiger partial charge on any atom is 0.278 e. The Balaban J connectivity index is 2.02. The number of carbonyl (C=O) groups is 2. The fourth-order valence-corrected chi connectivity index (χ4v) is 3.80. The van der Waals surface area contributed by atoms with Gasteiger partial charge in [0.1, 0.15) is 5.70 Å². The maximum absolute atomic E-state index is 13.2. The Labute approximate surface area is 148 Å². The molecule has 0 radical (unpaired) electrons. The molecule has 1 aromatic carbocycles. The van der Waals surface area contributed by atoms with Gasteiger partial charge < -0.3 is 10.0 Å². The molecule has 2 aliphatic rings. The molecule has 0 spiro atoms. The number of likely N-dealkylation sites (N-methyl/N-ethyl adjacent to an activating group) is 1. The Morgan fingerprint density at radius 2 is 1.72 bits per heavy atom. The monoisotopic (exact) mass is 342 g/mol. The summed E-state index contributed by atoms with van der Waals surface area (Å²) in [5, 5.41) is 9.28. The minimum absolute atomic E-state index is 0.00535. The molecular formula is C20H26N2O3. The lowest BCUT2D eigenvalue weighted by molar-refractivity contribution is -0.140. The summed E-state index contributed by atoms with van der Waals surface area (Å²) in [5.41, 5.74) is 2.75. The van der Waals surface area contributed by atoms with Crippen LogP contribution >= 0.6 is 0 Å². The van der Waals surface area contributed by atoms with Gasteiger partial charge in [-0.1, -0.05) is 49.1 Å². The highest BCUT2D eigenvalue weighted by atomic mass is 16.3. The molecule has 5 nitrogen and oxygen atoms in total. The molecule has 1 aliphatic carbocycles. The van der Waals surface area contributed by atoms with Crippen LogP contribution in [-0.4, -0.2) is 53.0 Å². The van der Waals surface area contributed by atoms with Crippen molar-refractivity contribution < 1.29 is 14.7 Å². The average Bonchev–Trinajstić information content (AvgIpc) is 2.87. The maximum atomic E-state index is 13.2. The van der Waals surface area contributed by atoms with Crippen LogP contribution in [0.15, 0.2) is 30.0 Å². The van der Waals surface area contributed by atoms with Gasteiger partial charge >= 0.3 is 0 Å². The van der Waals surface area contributed by atoms with Gasteiger partial charge in [-0.3, -0.25) is 14.5 Å². The van der Waals surface area contributed by atoms with E-state index in [1.165, 1.54) is 11.3 Å². The highest BCUT2D eigenvalue weighted by Crippen LogP contribution is 2.35. The Bertz CT molecular complexity index is 687. The number of aliphatic hydroxyl groups is 1. The lowest BCUT2D eigenvalue weighted by Gasteiger charge is -2.30. The molecule has 1 fully saturated rings. The van der Waals surface area contributed by atoms with Crippen LogP contribution in [-0.2, 0) is 9.59 Å². The Morgan fingerprint density at radius 1 is 1.08 bits per heavy atom. The standard InChI is InChI=1S/C20H26N2O3/c1-14-8-10-15(11-9-14)17-18(21(2)12-13-23)20(25)22(19(17)24)16-6-4-3-5-7-16/h8-11,16,23H,3-7,12-13H2,1-2H3. The molecular weight excluding hydrogens is 316 g/mol. The third-order valence-corrected chi connectivity index (χ3v) is 5.19. The first-order chi connectivity index (χ1) is 12.0. The summed E-state index contributed by atoms with van der Waals surface area (Å²) >= 11 is 0. The van der Waals surface area contributed by atoms with Crippen LogP contribution in [0.25, 0.3) is 5.57 Å². The van der Waals surface area contributed by atoms with Crippen LogP contribution < -0.4 is 0 Å². The third-order valence-electron chi connectivity index (χ3n) is 5.19. The second kappa shape index (κ2) is 7.40. The van der Waals surface area contributed by atoms with Crippen molar-refractivity contribution in [1.29, 1.82) is 0 Å². The van der Waals surface area contributed by atoms with Gasteiger partial charge in [0.15, 0.2) is 0 Å². The molecule has 1 saturated carbocycles. The highest BCUT2D eigenvalue weighted by molar-refractivity contribution is 6.35. The van der Waals surface area contributed by atoms with Crippen molar-refractivity contribution in [2.45, 2.75) is 45.1 Å². The zero-order valence-electron chi connectivity index (χ0n) is 15.0. The molecule has 3 rings (SSSR count). The summed E-state index contributed by atoms with van der Waals surface area (Å²) in [7, 11) is 1.76. The first kappa shape index (κ1) is 17.7. The fourth-order valence-electron chi connectivity index (χ4n) is 3.80. The smallest absolute Gasteiger partial charge is 0.278 e. The van der Waals surface area contributed by atoms with Crippen LogP contribution in [0.1, 0.15) is 43.2 Å². The second-order valence-electron chi connectivity index (χ2n) is 7.01. The van der Waals surface area contributed by atoms with Gasteiger partial charge in [0.2, 0.25) is 0 Å². The number of amides is 2. The summed E-state index contributed by atoms with van der Waals surface area (Å²) in [6.07, 6.45) is 5.06. The molecule has 0 bridgehead atoms. The number of benzene rings is 1. The largest absolute Gasteiger partial charge is 0.395 e. The molecule has 0 unspecified atom stereocenters. The predicted octanol–water partition coefficient (Wildman–Crippen LogP) is 2.33. The van der Waals surface area contributed by atoms with Crippen molar-refractivity contribution >= 4 is 17.4 Å². The molecule has 1 aromatic rings. The topological polar surface area (TPSA) is 60.9 Å². The number of hydrogen-bond donors (Lipinski definition) is 1. The molecule has 0 aromatic heterocycles. The van der Waals surface area contributed by atoms with Crippen LogP contribution in [0.2, 0.25) is 0 Å². The van der Waals surface area contributed by atoms with Crippen LogP contribution in [0.4, 0.5) is 0 Å². The highest BCUT2D eigenvalue weighted by Gasteiger charge is 2.44. The number of hydrogen-bond acceptors (Lipinski definition) is 4. The quantitative estimate of drug-likeness (QED) is 0.835. The molecule has 25 heavy (non-hydrogen) atoms. The van der Waals surface area contributed by atoms with Gasteiger partial charge in [-0.15, -0.1) is 0 Å². The summed E-state index contributed by atoms with van der Waals surface area (Å²) in [5.74, 6) is -0.413. The minimum atomic E-state index is -0.219. The van der Waals surface area contributed by atoms with Gasteiger partial charge in [-0.2, -0.15) is 0 Å². The summed E-state index contributed by atoms with van der Waals surface area (Å²) < 4.78 is 0. The van der Waals surface area contributed by atoms with Gasteiger partial charge in [-0.25, -0.2) is 0 Å². The van der Waals surface area contributed by atoms with E-state index in [9.17, 15) is 14.7 Å². The van der Waals surface area contributed by atoms with Crippen molar-refractivity contribution in [3.63, 3.8) is 0 Å². The molecule has 5 heteroatoms. The van der Waals surface area contributed by atoms with E-state index in [0.29, 0.717) is 17.8 Å². The lowest BCUT2D eigenvalue weighted by atomic mass is 9.94. The lowest BCUT2D eigenvalue weighted by Crippen LogP contribution is -2.43. The number of imide groups is 1. The number of carbonyl (C=O) groups excluding carboxylic acids is 2. The van der Waals surface area contributed by atoms with Crippen molar-refractivity contribution in [3.8, 4) is 0 Å². The molecule has 134 valence electrons. The van der Waals surface area contributed by atoms with E-state index in [0.717, 1.165) is 36.8 Å². The third kappa shape index (κ3) is 3.33. The van der Waals surface area contributed by atoms with Crippen molar-refractivity contribution in [2.24, 2.45) is 0 Å². The van der Waals surface area contributed by atoms with Crippen LogP contribution in [0.5, 0.6) is 0 Å². The van der Waals surface area contributed by atoms with E-state index in [2.05, 4.69) is 0 Å². The van der Waals surface area contributed by atoms with E-state index in [1.54, 1.807) is 11.9 Å². The Morgan fingerprint density at radius 3 is 2.32 bits per heavy atom. The second-order valence-corrected chi connectivity index (χ2v) is 7.01. The van der Waals surface area contributed by atoms with E-state index in [1.807, 2.05) is 31.2 Å². The normalized spacial score (nSPS) is 19.1. The van der Waals surface area contributed by atoms with Crippen LogP contribution in [0, 0.1) is 6.92 Å². The van der Waals surface area contributed by atoms with Crippen molar-refractivity contribution in [2.75, 3.05) is 20.2 Å². The van der Waals surface area contributed by atoms with Crippen molar-refractivity contribution in [1.82, 2.24) is 9.80 Å². The van der Waals surface area contributed by atoms with E-state index < -0.39 is 0 Å². The molecule has 2 amide bonds. The van der Waals surface area contributed by atoms with E-state index >= 15 is 0 Å². The number of nitrogens with zero attached hydrogens (tertiary/aromatic N) is 2. The molecule has 1 N–H and O–H groups in total. The Kier molecular flexibility index (Phi) is 5.23. The number of aryl methyl sites for hydroxylation is 1. The van der Waals surface area contributed by atoms with E-state index in [4.69, 9.17) is 0 Å². The fraction of sp³-hybridized carbons (Fsp3) is 0.500. The van der Waals surface area contributed by atoms with Gasteiger partial charge in [0.05, 0.1) is 12.2 Å². The number of rotatable bonds is 5. The van der Waals surface area contributed by atoms with Gasteiger partial charge in [0, 0.05) is 19.6 Å². The van der Waals surface area contributed by atoms with E-state index in [-0.39, 0.29) is 24.5 Å². The summed E-state index contributed by atoms with van der Waals surface area (Å²) in [4.78, 5) is 29.5. The van der Waals surface area contributed by atoms with Gasteiger partial charge in [-0.05, 0) is 25.3 Å². The zero-order valence-corrected chi connectivity index (χ0v) is 15.0. The summed E-state index contributed by atoms with van der Waals surface area (Å²) in [6, 6.07) is 7.69. The SMILES string of the molecule is Cc1ccc(C2=C(N(C)CCO)C(=O)N(C3CCCCC3)C2=O)cc1. The first-order valence-corrected chi connectivity index (χ1v) is 9.05. The van der Waals surface area contributed by atoms with Crippen LogP contribution in [0.3, 0.4) is 0 Å². The molecule has 1 aliphatic heterocycles.